The number of aromatic amines is 1. The molecule has 15 nitrogen and oxygen atoms in total. The van der Waals surface area contributed by atoms with Crippen molar-refractivity contribution >= 4 is 33.2 Å². The van der Waals surface area contributed by atoms with Crippen molar-refractivity contribution in [3.63, 3.8) is 0 Å². The van der Waals surface area contributed by atoms with E-state index in [1.54, 1.807) is 0 Å². The van der Waals surface area contributed by atoms with Crippen LogP contribution in [0, 0.1) is 0 Å². The Bertz CT molecular complexity index is 977. The lowest BCUT2D eigenvalue weighted by atomic mass is 10.1. The first kappa shape index (κ1) is 19.9. The van der Waals surface area contributed by atoms with Gasteiger partial charge in [-0.1, -0.05) is 4.31 Å². The molecule has 1 aliphatic rings. The number of imidazole rings is 1. The summed E-state index contributed by atoms with van der Waals surface area (Å²) < 4.78 is 36.0. The van der Waals surface area contributed by atoms with Crippen molar-refractivity contribution in [3.05, 3.63) is 16.7 Å². The van der Waals surface area contributed by atoms with Crippen LogP contribution in [0.15, 0.2) is 11.1 Å². The highest BCUT2D eigenvalue weighted by atomic mass is 31.2. The number of hydrogen-bond donors (Lipinski definition) is 4. The number of nitrogen functional groups attached to an aromatic ring is 1. The molecule has 1 saturated heterocycles. The lowest BCUT2D eigenvalue weighted by Gasteiger charge is -2.20. The highest BCUT2D eigenvalue weighted by molar-refractivity contribution is 7.54. The molecule has 1 aliphatic heterocycles. The summed E-state index contributed by atoms with van der Waals surface area (Å²) in [4.78, 5) is 43.3. The molecule has 3 heterocycles. The number of aromatic nitrogens is 4. The number of rotatable bonds is 6. The third-order valence-electron chi connectivity index (χ3n) is 3.63. The largest absolute Gasteiger partial charge is 0.753 e. The van der Waals surface area contributed by atoms with Gasteiger partial charge in [-0.05, 0) is 4.57 Å². The summed E-state index contributed by atoms with van der Waals surface area (Å²) in [5, 5.41) is 20.2. The molecule has 0 spiro atoms. The Hall–Kier alpha value is -1.80. The molecule has 17 heteroatoms. The zero-order chi connectivity index (χ0) is 19.9. The van der Waals surface area contributed by atoms with Gasteiger partial charge in [0.05, 0.1) is 12.9 Å². The van der Waals surface area contributed by atoms with Crippen LogP contribution < -0.4 is 21.1 Å². The number of fused-ring (bicyclic) bond motifs is 1. The second kappa shape index (κ2) is 7.31. The van der Waals surface area contributed by atoms with Gasteiger partial charge in [0.15, 0.2) is 17.4 Å². The second-order valence-electron chi connectivity index (χ2n) is 5.37. The Kier molecular flexibility index (Phi) is 5.40. The van der Waals surface area contributed by atoms with Crippen LogP contribution in [0.25, 0.3) is 11.2 Å². The first-order valence-corrected chi connectivity index (χ1v) is 9.68. The van der Waals surface area contributed by atoms with E-state index in [0.717, 1.165) is 10.9 Å². The molecule has 0 bridgehead atoms. The molecule has 0 aliphatic carbocycles. The van der Waals surface area contributed by atoms with E-state index in [2.05, 4.69) is 23.8 Å². The third kappa shape index (κ3) is 4.06. The number of ether oxygens (including phenoxy) is 1. The molecule has 3 rings (SSSR count). The van der Waals surface area contributed by atoms with E-state index < -0.39 is 52.8 Å². The van der Waals surface area contributed by atoms with Gasteiger partial charge in [0.2, 0.25) is 5.95 Å². The predicted molar refractivity (Wildman–Crippen MR) is 80.7 cm³/mol. The molecule has 0 radical (unpaired) electrons. The summed E-state index contributed by atoms with van der Waals surface area (Å²) in [5.41, 5.74) is 4.68. The van der Waals surface area contributed by atoms with E-state index in [-0.39, 0.29) is 17.1 Å². The minimum Gasteiger partial charge on any atom is -0.753 e. The molecule has 6 atom stereocenters. The Morgan fingerprint density at radius 2 is 2.19 bits per heavy atom. The maximum Gasteiger partial charge on any atom is 0.496 e. The molecule has 1 fully saturated rings. The van der Waals surface area contributed by atoms with Crippen LogP contribution in [0.3, 0.4) is 0 Å². The van der Waals surface area contributed by atoms with Crippen LogP contribution >= 0.6 is 16.1 Å². The number of H-pyrrole nitrogens is 1. The van der Waals surface area contributed by atoms with Crippen LogP contribution in [-0.4, -0.2) is 54.7 Å². The summed E-state index contributed by atoms with van der Waals surface area (Å²) in [6.07, 6.45) is -4.78. The molecule has 0 saturated carbocycles. The van der Waals surface area contributed by atoms with Crippen LogP contribution in [0.1, 0.15) is 6.23 Å². The maximum absolute atomic E-state index is 11.8. The number of phosphoric ester groups is 1. The fourth-order valence-corrected chi connectivity index (χ4v) is 3.67. The fraction of sp³-hybridized carbons (Fsp3) is 0.500. The normalized spacial score (nSPS) is 28.4. The van der Waals surface area contributed by atoms with Crippen molar-refractivity contribution in [3.8, 4) is 0 Å². The number of aliphatic hydroxyl groups excluding tert-OH is 2. The molecule has 148 valence electrons. The van der Waals surface area contributed by atoms with Gasteiger partial charge in [-0.15, -0.1) is 0 Å². The SMILES string of the molecule is Nc1nc2c(ncn2[C@@H]2O[C@H](COP(=O)([O-])O[P+](=O)[O-])C(O)C2O)c(=O)[nH]1. The van der Waals surface area contributed by atoms with Gasteiger partial charge < -0.3 is 35.0 Å². The second-order valence-corrected chi connectivity index (χ2v) is 7.62. The van der Waals surface area contributed by atoms with Crippen molar-refractivity contribution in [2.75, 3.05) is 12.3 Å². The molecular formula is C10H12N5O10P2-. The summed E-state index contributed by atoms with van der Waals surface area (Å²) >= 11 is 0. The quantitative estimate of drug-likeness (QED) is 0.335. The van der Waals surface area contributed by atoms with Gasteiger partial charge in [0.1, 0.15) is 18.3 Å². The summed E-state index contributed by atoms with van der Waals surface area (Å²) in [7, 11) is -8.91. The smallest absolute Gasteiger partial charge is 0.496 e. The van der Waals surface area contributed by atoms with Crippen molar-refractivity contribution in [1.29, 1.82) is 0 Å². The zero-order valence-electron chi connectivity index (χ0n) is 13.1. The lowest BCUT2D eigenvalue weighted by molar-refractivity contribution is -0.230. The zero-order valence-corrected chi connectivity index (χ0v) is 14.9. The molecule has 5 N–H and O–H groups in total. The number of nitrogens with two attached hydrogens (primary N) is 1. The van der Waals surface area contributed by atoms with Crippen molar-refractivity contribution < 1.29 is 42.7 Å². The number of hydrogen-bond acceptors (Lipinski definition) is 13. The topological polar surface area (TPSA) is 238 Å². The number of aliphatic hydroxyl groups is 2. The highest BCUT2D eigenvalue weighted by Crippen LogP contribution is 2.46. The number of phosphoric acid groups is 1. The first-order valence-electron chi connectivity index (χ1n) is 7.12. The standard InChI is InChI=1S/C10H13N5O10P2/c11-10-13-7-4(8(18)14-10)12-2-15(7)9-6(17)5(16)3(24-9)1-23-27(21,22)25-26(19)20/h2-3,5-6,9,16-17H,1H2,(H,21,22)(H3,11,13,14,18)/p-1/t3-,5?,6?,9-/m1/s1. The predicted octanol–water partition coefficient (Wildman–Crippen LogP) is -3.16. The van der Waals surface area contributed by atoms with Crippen molar-refractivity contribution in [2.45, 2.75) is 24.5 Å². The number of anilines is 1. The molecular weight excluding hydrogens is 412 g/mol. The summed E-state index contributed by atoms with van der Waals surface area (Å²) in [6.45, 7) is -0.846. The third-order valence-corrected chi connectivity index (χ3v) is 5.42. The average molecular weight is 424 g/mol. The van der Waals surface area contributed by atoms with E-state index in [9.17, 15) is 33.9 Å². The number of nitrogens with one attached hydrogen (secondary N) is 1. The Balaban J connectivity index is 1.80. The van der Waals surface area contributed by atoms with Crippen molar-refractivity contribution in [1.82, 2.24) is 19.5 Å². The Morgan fingerprint density at radius 3 is 2.85 bits per heavy atom. The Labute approximate surface area is 149 Å². The van der Waals surface area contributed by atoms with Gasteiger partial charge in [0, 0.05) is 0 Å². The summed E-state index contributed by atoms with van der Waals surface area (Å²) in [5.74, 6) is -0.224. The molecule has 4 unspecified atom stereocenters. The maximum atomic E-state index is 11.8. The molecule has 2 aromatic rings. The minimum atomic E-state index is -5.19. The van der Waals surface area contributed by atoms with Gasteiger partial charge in [-0.3, -0.25) is 18.9 Å². The van der Waals surface area contributed by atoms with E-state index in [0.29, 0.717) is 0 Å². The van der Waals surface area contributed by atoms with E-state index in [1.807, 2.05) is 0 Å². The number of nitrogens with zero attached hydrogens (tertiary/aromatic N) is 3. The molecule has 2 aromatic heterocycles. The molecule has 0 aromatic carbocycles. The minimum absolute atomic E-state index is 0.0461. The average Bonchev–Trinajstić information content (AvgIpc) is 3.07. The molecule has 27 heavy (non-hydrogen) atoms. The van der Waals surface area contributed by atoms with Crippen molar-refractivity contribution in [2.24, 2.45) is 0 Å². The summed E-state index contributed by atoms with van der Waals surface area (Å²) in [6, 6.07) is 0. The van der Waals surface area contributed by atoms with Gasteiger partial charge in [0.25, 0.3) is 5.56 Å². The van der Waals surface area contributed by atoms with Crippen LogP contribution in [0.2, 0.25) is 0 Å². The van der Waals surface area contributed by atoms with Gasteiger partial charge >= 0.3 is 16.1 Å². The molecule has 0 amide bonds. The monoisotopic (exact) mass is 424 g/mol. The van der Waals surface area contributed by atoms with Gasteiger partial charge in [-0.2, -0.15) is 4.98 Å². The lowest BCUT2D eigenvalue weighted by Crippen LogP contribution is -2.34. The van der Waals surface area contributed by atoms with E-state index >= 15 is 0 Å². The first-order chi connectivity index (χ1) is 12.6. The fourth-order valence-electron chi connectivity index (χ4n) is 2.50. The highest BCUT2D eigenvalue weighted by Gasteiger charge is 2.45. The van der Waals surface area contributed by atoms with Gasteiger partial charge in [-0.25, -0.2) is 4.98 Å². The van der Waals surface area contributed by atoms with Crippen LogP contribution in [-0.2, 0) is 22.7 Å². The van der Waals surface area contributed by atoms with E-state index in [1.165, 1.54) is 0 Å². The van der Waals surface area contributed by atoms with E-state index in [4.69, 9.17) is 10.5 Å². The van der Waals surface area contributed by atoms with Crippen LogP contribution in [0.4, 0.5) is 5.95 Å². The van der Waals surface area contributed by atoms with Crippen LogP contribution in [0.5, 0.6) is 0 Å². The Morgan fingerprint density at radius 1 is 1.48 bits per heavy atom.